The number of amides is 2. The average Bonchev–Trinajstić information content (AvgIpc) is 2.53. The number of halogens is 1. The quantitative estimate of drug-likeness (QED) is 0.568. The highest BCUT2D eigenvalue weighted by molar-refractivity contribution is 5.92. The average molecular weight is 336 g/mol. The summed E-state index contributed by atoms with van der Waals surface area (Å²) in [5.41, 5.74) is 6.47. The number of nitrogens with zero attached hydrogens (tertiary/aromatic N) is 1. The van der Waals surface area contributed by atoms with Gasteiger partial charge in [0, 0.05) is 18.2 Å². The van der Waals surface area contributed by atoms with Crippen molar-refractivity contribution >= 4 is 11.8 Å². The molecule has 0 saturated carbocycles. The van der Waals surface area contributed by atoms with Crippen LogP contribution in [0.15, 0.2) is 48.8 Å². The van der Waals surface area contributed by atoms with E-state index in [1.807, 2.05) is 24.3 Å². The highest BCUT2D eigenvalue weighted by atomic mass is 35.5. The number of rotatable bonds is 6. The Labute approximate surface area is 140 Å². The van der Waals surface area contributed by atoms with E-state index in [4.69, 9.17) is 10.5 Å². The monoisotopic (exact) mass is 335 g/mol. The van der Waals surface area contributed by atoms with Crippen LogP contribution in [0, 0.1) is 0 Å². The van der Waals surface area contributed by atoms with Gasteiger partial charge in [-0.2, -0.15) is 4.57 Å². The van der Waals surface area contributed by atoms with Gasteiger partial charge in [-0.3, -0.25) is 9.59 Å². The molecular formula is C16H18ClN3O3. The van der Waals surface area contributed by atoms with Crippen molar-refractivity contribution in [3.63, 3.8) is 0 Å². The molecule has 3 N–H and O–H groups in total. The van der Waals surface area contributed by atoms with E-state index in [2.05, 4.69) is 5.32 Å². The minimum atomic E-state index is -0.524. The fraction of sp³-hybridized carbons (Fsp3) is 0.188. The predicted molar refractivity (Wildman–Crippen MR) is 80.0 cm³/mol. The number of benzene rings is 1. The number of primary amides is 1. The third-order valence-corrected chi connectivity index (χ3v) is 3.14. The Bertz CT molecular complexity index is 692. The van der Waals surface area contributed by atoms with Crippen molar-refractivity contribution in [2.24, 2.45) is 5.73 Å². The Morgan fingerprint density at radius 1 is 1.22 bits per heavy atom. The molecule has 2 rings (SSSR count). The molecule has 1 heterocycles. The van der Waals surface area contributed by atoms with Crippen LogP contribution >= 0.6 is 0 Å². The summed E-state index contributed by atoms with van der Waals surface area (Å²) < 4.78 is 6.84. The van der Waals surface area contributed by atoms with Crippen molar-refractivity contribution in [3.05, 3.63) is 59.9 Å². The van der Waals surface area contributed by atoms with E-state index in [1.165, 1.54) is 0 Å². The van der Waals surface area contributed by atoms with Crippen LogP contribution in [-0.2, 0) is 17.9 Å². The van der Waals surface area contributed by atoms with Crippen LogP contribution in [0.4, 0.5) is 0 Å². The second-order valence-corrected chi connectivity index (χ2v) is 4.72. The second kappa shape index (κ2) is 8.75. The van der Waals surface area contributed by atoms with Crippen LogP contribution in [0.5, 0.6) is 5.75 Å². The van der Waals surface area contributed by atoms with Crippen LogP contribution in [0.25, 0.3) is 0 Å². The summed E-state index contributed by atoms with van der Waals surface area (Å²) in [5.74, 6) is 0.0347. The molecule has 2 aromatic rings. The third kappa shape index (κ3) is 5.27. The number of para-hydroxylation sites is 1. The molecule has 0 radical (unpaired) electrons. The van der Waals surface area contributed by atoms with E-state index in [-0.39, 0.29) is 24.9 Å². The molecule has 0 atom stereocenters. The number of aromatic nitrogens is 1. The summed E-state index contributed by atoms with van der Waals surface area (Å²) in [6.07, 6.45) is 3.25. The molecule has 1 aromatic heterocycles. The number of nitrogens with two attached hydrogens (primary N) is 1. The van der Waals surface area contributed by atoms with Gasteiger partial charge < -0.3 is 28.2 Å². The lowest BCUT2D eigenvalue weighted by Crippen LogP contribution is -3.00. The third-order valence-electron chi connectivity index (χ3n) is 3.14. The van der Waals surface area contributed by atoms with E-state index in [0.717, 1.165) is 11.3 Å². The Hall–Kier alpha value is -2.60. The lowest BCUT2D eigenvalue weighted by atomic mass is 10.2. The van der Waals surface area contributed by atoms with Gasteiger partial charge in [0.15, 0.2) is 12.4 Å². The molecule has 2 amide bonds. The topological polar surface area (TPSA) is 85.3 Å². The molecular weight excluding hydrogens is 318 g/mol. The Morgan fingerprint density at radius 3 is 2.65 bits per heavy atom. The zero-order valence-electron chi connectivity index (χ0n) is 12.7. The molecule has 0 aliphatic heterocycles. The number of pyridine rings is 1. The molecule has 6 nitrogen and oxygen atoms in total. The first-order valence-electron chi connectivity index (χ1n) is 6.77. The summed E-state index contributed by atoms with van der Waals surface area (Å²) in [6, 6.07) is 10.8. The summed E-state index contributed by atoms with van der Waals surface area (Å²) in [4.78, 5) is 23.1. The van der Waals surface area contributed by atoms with E-state index >= 15 is 0 Å². The molecule has 0 aliphatic carbocycles. The number of carbonyl (C=O) groups is 2. The van der Waals surface area contributed by atoms with Crippen molar-refractivity contribution in [2.75, 3.05) is 7.11 Å². The summed E-state index contributed by atoms with van der Waals surface area (Å²) in [7, 11) is 1.59. The molecule has 0 spiro atoms. The molecule has 1 aromatic carbocycles. The fourth-order valence-corrected chi connectivity index (χ4v) is 2.03. The summed E-state index contributed by atoms with van der Waals surface area (Å²) >= 11 is 0. The Morgan fingerprint density at radius 2 is 1.96 bits per heavy atom. The van der Waals surface area contributed by atoms with Crippen molar-refractivity contribution in [1.29, 1.82) is 0 Å². The number of hydrogen-bond donors (Lipinski definition) is 2. The predicted octanol–water partition coefficient (Wildman–Crippen LogP) is -2.60. The fourth-order valence-electron chi connectivity index (χ4n) is 2.03. The van der Waals surface area contributed by atoms with Gasteiger partial charge in [-0.1, -0.05) is 18.2 Å². The normalized spacial score (nSPS) is 9.61. The SMILES string of the molecule is COc1ccccc1CNC(=O)C[n+]1cccc(C(N)=O)c1.[Cl-]. The zero-order chi connectivity index (χ0) is 15.9. The van der Waals surface area contributed by atoms with E-state index in [0.29, 0.717) is 12.1 Å². The maximum atomic E-state index is 12.0. The first kappa shape index (κ1) is 18.4. The second-order valence-electron chi connectivity index (χ2n) is 4.72. The van der Waals surface area contributed by atoms with Gasteiger partial charge in [-0.05, 0) is 12.1 Å². The molecule has 7 heteroatoms. The maximum Gasteiger partial charge on any atom is 0.286 e. The van der Waals surface area contributed by atoms with Crippen LogP contribution < -0.4 is 32.8 Å². The van der Waals surface area contributed by atoms with E-state index < -0.39 is 5.91 Å². The first-order chi connectivity index (χ1) is 10.6. The van der Waals surface area contributed by atoms with Crippen LogP contribution in [0.2, 0.25) is 0 Å². The van der Waals surface area contributed by atoms with Crippen molar-refractivity contribution in [2.45, 2.75) is 13.1 Å². The standard InChI is InChI=1S/C16H17N3O3.ClH/c1-22-14-7-3-2-5-12(14)9-18-15(20)11-19-8-4-6-13(10-19)16(17)21;/h2-8,10H,9,11H2,1H3,(H2-,17,18,20,21);1H. The minimum absolute atomic E-state index is 0. The molecule has 0 unspecified atom stereocenters. The molecule has 0 fully saturated rings. The maximum absolute atomic E-state index is 12.0. The van der Waals surface area contributed by atoms with Gasteiger partial charge in [0.25, 0.3) is 11.8 Å². The lowest BCUT2D eigenvalue weighted by Gasteiger charge is -2.08. The van der Waals surface area contributed by atoms with Gasteiger partial charge >= 0.3 is 0 Å². The van der Waals surface area contributed by atoms with E-state index in [9.17, 15) is 9.59 Å². The van der Waals surface area contributed by atoms with Crippen molar-refractivity contribution in [1.82, 2.24) is 5.32 Å². The first-order valence-corrected chi connectivity index (χ1v) is 6.77. The van der Waals surface area contributed by atoms with E-state index in [1.54, 1.807) is 36.2 Å². The van der Waals surface area contributed by atoms with Crippen LogP contribution in [0.1, 0.15) is 15.9 Å². The number of ether oxygens (including phenoxy) is 1. The highest BCUT2D eigenvalue weighted by Crippen LogP contribution is 2.16. The smallest absolute Gasteiger partial charge is 0.286 e. The highest BCUT2D eigenvalue weighted by Gasteiger charge is 2.12. The van der Waals surface area contributed by atoms with Crippen LogP contribution in [0.3, 0.4) is 0 Å². The molecule has 0 saturated heterocycles. The number of nitrogens with one attached hydrogen (secondary N) is 1. The van der Waals surface area contributed by atoms with Gasteiger partial charge in [0.05, 0.1) is 7.11 Å². The number of carbonyl (C=O) groups excluding carboxylic acids is 2. The van der Waals surface area contributed by atoms with Crippen molar-refractivity contribution in [3.8, 4) is 5.75 Å². The molecule has 122 valence electrons. The largest absolute Gasteiger partial charge is 1.00 e. The zero-order valence-corrected chi connectivity index (χ0v) is 13.4. The molecule has 0 aliphatic rings. The summed E-state index contributed by atoms with van der Waals surface area (Å²) in [6.45, 7) is 0.481. The minimum Gasteiger partial charge on any atom is -1.00 e. The van der Waals surface area contributed by atoms with Gasteiger partial charge in [0.1, 0.15) is 11.3 Å². The van der Waals surface area contributed by atoms with Gasteiger partial charge in [0.2, 0.25) is 6.54 Å². The molecule has 0 bridgehead atoms. The Balaban J connectivity index is 0.00000264. The van der Waals surface area contributed by atoms with Crippen molar-refractivity contribution < 1.29 is 31.3 Å². The van der Waals surface area contributed by atoms with Gasteiger partial charge in [-0.15, -0.1) is 0 Å². The van der Waals surface area contributed by atoms with Crippen LogP contribution in [-0.4, -0.2) is 18.9 Å². The summed E-state index contributed by atoms with van der Waals surface area (Å²) in [5, 5.41) is 2.81. The number of hydrogen-bond acceptors (Lipinski definition) is 3. The van der Waals surface area contributed by atoms with Gasteiger partial charge in [-0.25, -0.2) is 0 Å². The molecule has 23 heavy (non-hydrogen) atoms. The Kier molecular flexibility index (Phi) is 7.02. The lowest BCUT2D eigenvalue weighted by molar-refractivity contribution is -0.684. The number of methoxy groups -OCH3 is 1.